The maximum Gasteiger partial charge on any atom is 1.00 e. The Kier molecular flexibility index (Phi) is 12.5. The van der Waals surface area contributed by atoms with E-state index < -0.39 is 61.9 Å². The van der Waals surface area contributed by atoms with Crippen molar-refractivity contribution in [2.24, 2.45) is 10.2 Å². The normalized spacial score (nSPS) is 12.0. The molecule has 164 valence electrons. The predicted octanol–water partition coefficient (Wildman–Crippen LogP) is -7.31. The van der Waals surface area contributed by atoms with E-state index in [4.69, 9.17) is 0 Å². The van der Waals surface area contributed by atoms with Crippen LogP contribution in [-0.2, 0) is 30.4 Å². The third-order valence-electron chi connectivity index (χ3n) is 3.94. The van der Waals surface area contributed by atoms with Crippen LogP contribution in [0.3, 0.4) is 0 Å². The Morgan fingerprint density at radius 1 is 0.676 bits per heavy atom. The van der Waals surface area contributed by atoms with Crippen LogP contribution >= 0.6 is 0 Å². The SMILES string of the molecule is O=S(=O)([O-])c1cccc(N=Nc2c(O)ccc3cc(S(=O)(=O)[O-])cc(S(=O)(=O)[O-])c23)c1.[Na+].[Na+].[Na+]. The number of benzene rings is 3. The van der Waals surface area contributed by atoms with Crippen LogP contribution in [-0.4, -0.2) is 44.0 Å². The molecule has 1 N–H and O–H groups in total. The molecule has 0 aromatic heterocycles. The van der Waals surface area contributed by atoms with Crippen LogP contribution in [0.15, 0.2) is 73.4 Å². The molecule has 12 nitrogen and oxygen atoms in total. The van der Waals surface area contributed by atoms with Gasteiger partial charge >= 0.3 is 88.7 Å². The molecule has 3 rings (SSSR count). The van der Waals surface area contributed by atoms with Crippen molar-refractivity contribution in [3.05, 3.63) is 48.5 Å². The second-order valence-electron chi connectivity index (χ2n) is 6.01. The average molecular weight is 554 g/mol. The van der Waals surface area contributed by atoms with Crippen molar-refractivity contribution in [1.82, 2.24) is 0 Å². The molecule has 0 atom stereocenters. The van der Waals surface area contributed by atoms with Crippen LogP contribution in [0.2, 0.25) is 0 Å². The second kappa shape index (κ2) is 12.5. The standard InChI is InChI=1S/C16H12N2O10S3.3Na/c19-13-5-4-9-6-12(30(23,24)25)8-14(31(26,27)28)15(9)16(13)18-17-10-2-1-3-11(7-10)29(20,21)22;;;/h1-8,19H,(H,20,21,22)(H,23,24,25)(H,26,27,28);;;/q;3*+1/p-3. The van der Waals surface area contributed by atoms with Gasteiger partial charge in [0.1, 0.15) is 41.8 Å². The number of azo groups is 1. The summed E-state index contributed by atoms with van der Waals surface area (Å²) < 4.78 is 102. The fourth-order valence-corrected chi connectivity index (χ4v) is 4.48. The molecule has 0 saturated carbocycles. The summed E-state index contributed by atoms with van der Waals surface area (Å²) in [5.41, 5.74) is -0.740. The maximum absolute atomic E-state index is 11.7. The van der Waals surface area contributed by atoms with Gasteiger partial charge in [-0.15, -0.1) is 5.11 Å². The van der Waals surface area contributed by atoms with Gasteiger partial charge in [-0.25, -0.2) is 25.3 Å². The molecule has 0 fully saturated rings. The van der Waals surface area contributed by atoms with Crippen molar-refractivity contribution in [1.29, 1.82) is 0 Å². The van der Waals surface area contributed by atoms with Crippen LogP contribution in [0.4, 0.5) is 11.4 Å². The molecule has 0 aliphatic carbocycles. The van der Waals surface area contributed by atoms with Gasteiger partial charge in [-0.2, -0.15) is 5.11 Å². The molecule has 0 unspecified atom stereocenters. The Morgan fingerprint density at radius 2 is 1.26 bits per heavy atom. The van der Waals surface area contributed by atoms with Gasteiger partial charge in [0.15, 0.2) is 0 Å². The van der Waals surface area contributed by atoms with Crippen LogP contribution in [0.5, 0.6) is 5.75 Å². The molecule has 0 radical (unpaired) electrons. The number of hydrogen-bond acceptors (Lipinski definition) is 12. The van der Waals surface area contributed by atoms with Crippen molar-refractivity contribution >= 4 is 52.5 Å². The summed E-state index contributed by atoms with van der Waals surface area (Å²) in [7, 11) is -15.3. The van der Waals surface area contributed by atoms with E-state index in [1.165, 1.54) is 12.1 Å². The smallest absolute Gasteiger partial charge is 0.744 e. The van der Waals surface area contributed by atoms with E-state index in [2.05, 4.69) is 10.2 Å². The molecule has 0 amide bonds. The van der Waals surface area contributed by atoms with Gasteiger partial charge in [-0.05, 0) is 41.8 Å². The van der Waals surface area contributed by atoms with E-state index in [-0.39, 0.29) is 99.7 Å². The number of nitrogens with zero attached hydrogens (tertiary/aromatic N) is 2. The Labute approximate surface area is 261 Å². The van der Waals surface area contributed by atoms with E-state index >= 15 is 0 Å². The zero-order valence-corrected chi connectivity index (χ0v) is 26.3. The third-order valence-corrected chi connectivity index (χ3v) is 6.44. The van der Waals surface area contributed by atoms with E-state index in [1.807, 2.05) is 0 Å². The van der Waals surface area contributed by atoms with E-state index in [1.54, 1.807) is 0 Å². The number of phenolic OH excluding ortho intramolecular Hbond substituents is 1. The molecule has 18 heteroatoms. The van der Waals surface area contributed by atoms with Crippen molar-refractivity contribution in [2.45, 2.75) is 14.7 Å². The van der Waals surface area contributed by atoms with Crippen LogP contribution in [0.25, 0.3) is 10.8 Å². The van der Waals surface area contributed by atoms with Crippen molar-refractivity contribution in [3.63, 3.8) is 0 Å². The van der Waals surface area contributed by atoms with Gasteiger partial charge in [0.05, 0.1) is 20.4 Å². The minimum Gasteiger partial charge on any atom is -0.744 e. The van der Waals surface area contributed by atoms with Crippen molar-refractivity contribution < 1.29 is 133 Å². The minimum absolute atomic E-state index is 0. The van der Waals surface area contributed by atoms with Crippen LogP contribution < -0.4 is 88.7 Å². The maximum atomic E-state index is 11.7. The van der Waals surface area contributed by atoms with Gasteiger partial charge in [0.2, 0.25) is 0 Å². The van der Waals surface area contributed by atoms with E-state index in [0.29, 0.717) is 6.07 Å². The van der Waals surface area contributed by atoms with E-state index in [9.17, 15) is 44.0 Å². The first-order valence-electron chi connectivity index (χ1n) is 7.87. The molecule has 0 saturated heterocycles. The molecule has 0 spiro atoms. The summed E-state index contributed by atoms with van der Waals surface area (Å²) in [6.07, 6.45) is 0. The Balaban J connectivity index is 0.00000363. The zero-order chi connectivity index (χ0) is 23.2. The quantitative estimate of drug-likeness (QED) is 0.178. The summed E-state index contributed by atoms with van der Waals surface area (Å²) in [6.45, 7) is 0. The summed E-state index contributed by atoms with van der Waals surface area (Å²) in [6, 6.07) is 7.46. The van der Waals surface area contributed by atoms with Crippen LogP contribution in [0, 0.1) is 0 Å². The van der Waals surface area contributed by atoms with Crippen LogP contribution in [0.1, 0.15) is 0 Å². The Hall–Kier alpha value is 0.0500. The molecule has 0 bridgehead atoms. The van der Waals surface area contributed by atoms with Gasteiger partial charge < -0.3 is 18.8 Å². The summed E-state index contributed by atoms with van der Waals surface area (Å²) >= 11 is 0. The molecule has 3 aromatic carbocycles. The minimum atomic E-state index is -5.35. The van der Waals surface area contributed by atoms with Crippen molar-refractivity contribution in [2.75, 3.05) is 0 Å². The first-order valence-corrected chi connectivity index (χ1v) is 12.1. The molecular formula is C16H9N2Na3O10S3. The topological polar surface area (TPSA) is 217 Å². The fraction of sp³-hybridized carbons (Fsp3) is 0. The second-order valence-corrected chi connectivity index (χ2v) is 10.1. The zero-order valence-electron chi connectivity index (χ0n) is 17.9. The van der Waals surface area contributed by atoms with Gasteiger partial charge in [0.25, 0.3) is 0 Å². The Bertz CT molecular complexity index is 1580. The largest absolute Gasteiger partial charge is 1.00 e. The predicted molar refractivity (Wildman–Crippen MR) is 100 cm³/mol. The molecule has 0 aliphatic heterocycles. The fourth-order valence-electron chi connectivity index (χ4n) is 2.62. The number of fused-ring (bicyclic) bond motifs is 1. The summed E-state index contributed by atoms with van der Waals surface area (Å²) in [5.74, 6) is -0.661. The van der Waals surface area contributed by atoms with Gasteiger partial charge in [-0.3, -0.25) is 0 Å². The number of phenols is 1. The monoisotopic (exact) mass is 554 g/mol. The number of rotatable bonds is 5. The molecule has 0 aliphatic rings. The van der Waals surface area contributed by atoms with Gasteiger partial charge in [0, 0.05) is 5.39 Å². The first kappa shape index (κ1) is 34.0. The number of hydrogen-bond donors (Lipinski definition) is 1. The third kappa shape index (κ3) is 8.03. The van der Waals surface area contributed by atoms with E-state index in [0.717, 1.165) is 30.3 Å². The van der Waals surface area contributed by atoms with Gasteiger partial charge in [-0.1, -0.05) is 12.1 Å². The number of aromatic hydroxyl groups is 1. The summed E-state index contributed by atoms with van der Waals surface area (Å²) in [4.78, 5) is -2.75. The Morgan fingerprint density at radius 3 is 1.79 bits per heavy atom. The van der Waals surface area contributed by atoms with Crippen molar-refractivity contribution in [3.8, 4) is 5.75 Å². The molecule has 3 aromatic rings. The first-order chi connectivity index (χ1) is 14.2. The average Bonchev–Trinajstić information content (AvgIpc) is 2.64. The summed E-state index contributed by atoms with van der Waals surface area (Å²) in [5, 5.41) is 16.7. The molecule has 0 heterocycles. The molecule has 34 heavy (non-hydrogen) atoms. The molecular weight excluding hydrogens is 545 g/mol.